The summed E-state index contributed by atoms with van der Waals surface area (Å²) in [6.45, 7) is 5.16. The van der Waals surface area contributed by atoms with Crippen LogP contribution < -0.4 is 5.32 Å². The Morgan fingerprint density at radius 3 is 2.52 bits per heavy atom. The van der Waals surface area contributed by atoms with E-state index in [9.17, 15) is 16.8 Å². The first kappa shape index (κ1) is 24.3. The molecule has 2 saturated heterocycles. The van der Waals surface area contributed by atoms with Crippen LogP contribution in [0.5, 0.6) is 0 Å². The Bertz CT molecular complexity index is 1130. The molecule has 8 nitrogen and oxygen atoms in total. The van der Waals surface area contributed by atoms with E-state index in [1.807, 2.05) is 19.1 Å². The predicted molar refractivity (Wildman–Crippen MR) is 127 cm³/mol. The molecule has 2 aliphatic rings. The van der Waals surface area contributed by atoms with Crippen LogP contribution in [0.3, 0.4) is 0 Å². The molecule has 3 heterocycles. The van der Waals surface area contributed by atoms with E-state index in [1.54, 1.807) is 36.7 Å². The Morgan fingerprint density at radius 1 is 1.15 bits per heavy atom. The van der Waals surface area contributed by atoms with Crippen molar-refractivity contribution < 1.29 is 21.6 Å². The summed E-state index contributed by atoms with van der Waals surface area (Å²) in [6.07, 6.45) is 4.32. The fraction of sp³-hybridized carbons (Fsp3) is 0.522. The molecule has 4 rings (SSSR count). The number of ether oxygens (including phenoxy) is 1. The number of nitrogens with zero attached hydrogens (tertiary/aromatic N) is 2. The zero-order valence-corrected chi connectivity index (χ0v) is 20.4. The maximum Gasteiger partial charge on any atom is 0.183 e. The summed E-state index contributed by atoms with van der Waals surface area (Å²) < 4.78 is 57.3. The van der Waals surface area contributed by atoms with Gasteiger partial charge in [-0.25, -0.2) is 16.8 Å². The molecule has 0 radical (unpaired) electrons. The number of morpholine rings is 1. The van der Waals surface area contributed by atoms with Gasteiger partial charge in [0, 0.05) is 44.1 Å². The highest BCUT2D eigenvalue weighted by Gasteiger charge is 2.46. The molecule has 2 fully saturated rings. The molecular weight excluding hydrogens is 462 g/mol. The number of pyridine rings is 1. The maximum atomic E-state index is 13.4. The van der Waals surface area contributed by atoms with Crippen LogP contribution in [0.15, 0.2) is 53.7 Å². The van der Waals surface area contributed by atoms with Gasteiger partial charge in [0.15, 0.2) is 19.7 Å². The van der Waals surface area contributed by atoms with E-state index in [1.165, 1.54) is 0 Å². The van der Waals surface area contributed by atoms with Crippen molar-refractivity contribution in [1.29, 1.82) is 0 Å². The molecule has 180 valence electrons. The zero-order valence-electron chi connectivity index (χ0n) is 18.8. The Hall–Kier alpha value is -1.85. The van der Waals surface area contributed by atoms with Gasteiger partial charge < -0.3 is 10.1 Å². The molecule has 33 heavy (non-hydrogen) atoms. The van der Waals surface area contributed by atoms with Crippen LogP contribution in [0.25, 0.3) is 0 Å². The average molecular weight is 494 g/mol. The second kappa shape index (κ2) is 10.2. The van der Waals surface area contributed by atoms with Gasteiger partial charge >= 0.3 is 0 Å². The third-order valence-corrected chi connectivity index (χ3v) is 10.7. The maximum absolute atomic E-state index is 13.4. The standard InChI is InChI=1S/C23H31N3O5S2/c1-2-18-5-7-20(8-6-18)33(29,30)23-17-32(27,28)16-21(23)25-15-22(19-4-3-9-24-14-19)26-10-12-31-13-11-26/h3-9,14,21-23,25H,2,10-13,15-17H2,1H3/t21-,22?,23-/m0/s1. The Labute approximate surface area is 196 Å². The number of hydrogen-bond acceptors (Lipinski definition) is 8. The fourth-order valence-electron chi connectivity index (χ4n) is 4.58. The van der Waals surface area contributed by atoms with Crippen LogP contribution in [-0.2, 0) is 30.8 Å². The second-order valence-electron chi connectivity index (χ2n) is 8.62. The van der Waals surface area contributed by atoms with Gasteiger partial charge in [0.2, 0.25) is 0 Å². The van der Waals surface area contributed by atoms with Gasteiger partial charge in [-0.2, -0.15) is 0 Å². The van der Waals surface area contributed by atoms with Crippen LogP contribution >= 0.6 is 0 Å². The van der Waals surface area contributed by atoms with Crippen molar-refractivity contribution in [2.45, 2.75) is 35.6 Å². The first-order chi connectivity index (χ1) is 15.8. The molecule has 1 N–H and O–H groups in total. The molecule has 0 aliphatic carbocycles. The van der Waals surface area contributed by atoms with Gasteiger partial charge in [-0.1, -0.05) is 25.1 Å². The van der Waals surface area contributed by atoms with Crippen LogP contribution in [0.1, 0.15) is 24.1 Å². The molecule has 0 amide bonds. The molecule has 3 atom stereocenters. The Balaban J connectivity index is 1.56. The minimum atomic E-state index is -3.81. The third kappa shape index (κ3) is 5.63. The molecule has 2 aliphatic heterocycles. The van der Waals surface area contributed by atoms with Gasteiger partial charge in [-0.05, 0) is 35.7 Å². The number of nitrogens with one attached hydrogen (secondary N) is 1. The van der Waals surface area contributed by atoms with E-state index >= 15 is 0 Å². The molecule has 2 aromatic rings. The summed E-state index contributed by atoms with van der Waals surface area (Å²) in [5, 5.41) is 2.29. The van der Waals surface area contributed by atoms with E-state index in [4.69, 9.17) is 4.74 Å². The molecule has 0 saturated carbocycles. The van der Waals surface area contributed by atoms with Crippen molar-refractivity contribution in [3.05, 3.63) is 59.9 Å². The van der Waals surface area contributed by atoms with Crippen LogP contribution in [0.4, 0.5) is 0 Å². The van der Waals surface area contributed by atoms with Gasteiger partial charge in [0.1, 0.15) is 0 Å². The van der Waals surface area contributed by atoms with Gasteiger partial charge in [0.05, 0.1) is 34.9 Å². The van der Waals surface area contributed by atoms with Crippen molar-refractivity contribution in [3.63, 3.8) is 0 Å². The van der Waals surface area contributed by atoms with E-state index < -0.39 is 31.0 Å². The first-order valence-electron chi connectivity index (χ1n) is 11.3. The molecule has 10 heteroatoms. The highest BCUT2D eigenvalue weighted by molar-refractivity contribution is 7.96. The summed E-state index contributed by atoms with van der Waals surface area (Å²) in [7, 11) is -7.28. The smallest absolute Gasteiger partial charge is 0.183 e. The lowest BCUT2D eigenvalue weighted by atomic mass is 10.1. The normalized spacial score (nSPS) is 24.5. The van der Waals surface area contributed by atoms with Gasteiger partial charge in [0.25, 0.3) is 0 Å². The summed E-state index contributed by atoms with van der Waals surface area (Å²) in [5.74, 6) is -0.551. The Morgan fingerprint density at radius 2 is 1.88 bits per heavy atom. The van der Waals surface area contributed by atoms with E-state index in [-0.39, 0.29) is 22.4 Å². The highest BCUT2D eigenvalue weighted by atomic mass is 32.2. The SMILES string of the molecule is CCc1ccc(S(=O)(=O)[C@H]2CS(=O)(=O)C[C@@H]2NCC(c2cccnc2)N2CCOCC2)cc1. The number of sulfone groups is 2. The quantitative estimate of drug-likeness (QED) is 0.586. The van der Waals surface area contributed by atoms with Gasteiger partial charge in [-0.15, -0.1) is 0 Å². The molecule has 1 aromatic heterocycles. The average Bonchev–Trinajstić information content (AvgIpc) is 3.16. The predicted octanol–water partition coefficient (Wildman–Crippen LogP) is 1.25. The highest BCUT2D eigenvalue weighted by Crippen LogP contribution is 2.28. The van der Waals surface area contributed by atoms with Crippen molar-refractivity contribution in [2.75, 3.05) is 44.4 Å². The monoisotopic (exact) mass is 493 g/mol. The molecular formula is C23H31N3O5S2. The minimum Gasteiger partial charge on any atom is -0.379 e. The number of rotatable bonds is 8. The van der Waals surface area contributed by atoms with E-state index in [2.05, 4.69) is 15.2 Å². The summed E-state index contributed by atoms with van der Waals surface area (Å²) in [4.78, 5) is 6.67. The van der Waals surface area contributed by atoms with Crippen LogP contribution in [0.2, 0.25) is 0 Å². The largest absolute Gasteiger partial charge is 0.379 e. The van der Waals surface area contributed by atoms with Crippen LogP contribution in [-0.4, -0.2) is 82.4 Å². The summed E-state index contributed by atoms with van der Waals surface area (Å²) >= 11 is 0. The lowest BCUT2D eigenvalue weighted by molar-refractivity contribution is 0.0157. The number of aryl methyl sites for hydroxylation is 1. The Kier molecular flexibility index (Phi) is 7.49. The topological polar surface area (TPSA) is 106 Å². The summed E-state index contributed by atoms with van der Waals surface area (Å²) in [6, 6.07) is 9.87. The van der Waals surface area contributed by atoms with Gasteiger partial charge in [-0.3, -0.25) is 9.88 Å². The van der Waals surface area contributed by atoms with Crippen LogP contribution in [0, 0.1) is 0 Å². The number of benzene rings is 1. The fourth-order valence-corrected chi connectivity index (χ4v) is 9.30. The summed E-state index contributed by atoms with van der Waals surface area (Å²) in [5.41, 5.74) is 2.04. The molecule has 0 bridgehead atoms. The van der Waals surface area contributed by atoms with Crippen molar-refractivity contribution in [2.24, 2.45) is 0 Å². The molecule has 0 spiro atoms. The number of hydrogen-bond donors (Lipinski definition) is 1. The van der Waals surface area contributed by atoms with E-state index in [0.717, 1.165) is 30.6 Å². The molecule has 1 unspecified atom stereocenters. The third-order valence-electron chi connectivity index (χ3n) is 6.49. The first-order valence-corrected chi connectivity index (χ1v) is 14.7. The lowest BCUT2D eigenvalue weighted by Crippen LogP contribution is -2.48. The molecule has 1 aromatic carbocycles. The lowest BCUT2D eigenvalue weighted by Gasteiger charge is -2.35. The van der Waals surface area contributed by atoms with Crippen molar-refractivity contribution >= 4 is 19.7 Å². The zero-order chi connectivity index (χ0) is 23.5. The minimum absolute atomic E-state index is 0.0573. The van der Waals surface area contributed by atoms with Crippen molar-refractivity contribution in [3.8, 4) is 0 Å². The number of aromatic nitrogens is 1. The van der Waals surface area contributed by atoms with E-state index in [0.29, 0.717) is 19.8 Å². The second-order valence-corrected chi connectivity index (χ2v) is 12.9. The van der Waals surface area contributed by atoms with Crippen molar-refractivity contribution in [1.82, 2.24) is 15.2 Å².